The van der Waals surface area contributed by atoms with Crippen molar-refractivity contribution in [3.05, 3.63) is 146 Å². The number of anilines is 2. The minimum absolute atomic E-state index is 0.0724. The van der Waals surface area contributed by atoms with Gasteiger partial charge in [-0.1, -0.05) is 42.0 Å². The number of rotatable bonds is 24. The molecule has 0 spiro atoms. The Morgan fingerprint density at radius 3 is 2.31 bits per heavy atom. The molecule has 6 aromatic rings. The number of carbonyl (C=O) groups is 4. The molecule has 2 atom stereocenters. The molecule has 0 aliphatic rings. The second-order valence-electron chi connectivity index (χ2n) is 16.6. The number of benzene rings is 3. The monoisotopic (exact) mass is 1030 g/mol. The van der Waals surface area contributed by atoms with E-state index in [-0.39, 0.29) is 58.8 Å². The van der Waals surface area contributed by atoms with Crippen LogP contribution in [0.5, 0.6) is 0 Å². The van der Waals surface area contributed by atoms with Crippen molar-refractivity contribution >= 4 is 72.8 Å². The number of pyridine rings is 2. The highest BCUT2D eigenvalue weighted by molar-refractivity contribution is 7.86. The van der Waals surface area contributed by atoms with Gasteiger partial charge in [0.15, 0.2) is 5.95 Å². The van der Waals surface area contributed by atoms with Gasteiger partial charge in [-0.3, -0.25) is 38.5 Å². The van der Waals surface area contributed by atoms with Gasteiger partial charge in [-0.25, -0.2) is 9.97 Å². The molecule has 380 valence electrons. The van der Waals surface area contributed by atoms with Gasteiger partial charge < -0.3 is 41.2 Å². The van der Waals surface area contributed by atoms with Gasteiger partial charge in [0.05, 0.1) is 17.3 Å². The summed E-state index contributed by atoms with van der Waals surface area (Å²) >= 11 is 0. The summed E-state index contributed by atoms with van der Waals surface area (Å²) < 4.78 is 68.0. The number of amides is 3. The molecule has 0 aliphatic heterocycles. The second kappa shape index (κ2) is 23.8. The average Bonchev–Trinajstić information content (AvgIpc) is 3.85. The topological polar surface area (TPSA) is 345 Å². The molecule has 3 heterocycles. The van der Waals surface area contributed by atoms with Gasteiger partial charge in [-0.2, -0.15) is 21.9 Å². The number of imidazole rings is 1. The number of fused-ring (bicyclic) bond motifs is 1. The summed E-state index contributed by atoms with van der Waals surface area (Å²) in [7, 11) is -9.34. The second-order valence-corrected chi connectivity index (χ2v) is 19.5. The number of aromatic amines is 1. The Labute approximate surface area is 413 Å². The molecular formula is C47H53N11O12S2. The predicted octanol–water partition coefficient (Wildman–Crippen LogP) is 2.56. The first-order valence-corrected chi connectivity index (χ1v) is 25.3. The van der Waals surface area contributed by atoms with E-state index < -0.39 is 67.2 Å². The number of aryl methyl sites for hydroxylation is 4. The van der Waals surface area contributed by atoms with Gasteiger partial charge in [0.2, 0.25) is 11.3 Å². The molecule has 0 bridgehead atoms. The Hall–Kier alpha value is -7.84. The Bertz CT molecular complexity index is 3250. The molecule has 0 aliphatic carbocycles. The molecule has 3 aromatic carbocycles. The van der Waals surface area contributed by atoms with Gasteiger partial charge in [0.1, 0.15) is 34.1 Å². The summed E-state index contributed by atoms with van der Waals surface area (Å²) in [5, 5.41) is 27.6. The van der Waals surface area contributed by atoms with Gasteiger partial charge in [0.25, 0.3) is 32.1 Å². The quantitative estimate of drug-likeness (QED) is 0.0180. The van der Waals surface area contributed by atoms with Crippen molar-refractivity contribution in [2.75, 3.05) is 36.1 Å². The van der Waals surface area contributed by atoms with E-state index in [9.17, 15) is 55.0 Å². The minimum Gasteiger partial charge on any atom is -0.480 e. The summed E-state index contributed by atoms with van der Waals surface area (Å²) in [6.07, 6.45) is 7.45. The SMILES string of the molecule is Cc1cc(C)c(CCN[C@@H](CNC(=O)c2cn(CCCNC(=O)[C@H](CS(=O)(=O)O)NC(=O)c3ccc(N/N=C/c4ccccc4S(=O)(=O)O)nc3)c3cc(CNc4ncc[nH]4)ccc3c2=O)C(=O)O)c(C)c1. The predicted molar refractivity (Wildman–Crippen MR) is 267 cm³/mol. The summed E-state index contributed by atoms with van der Waals surface area (Å²) in [6.45, 7) is 6.22. The first-order chi connectivity index (χ1) is 34.2. The molecule has 0 fully saturated rings. The fourth-order valence-electron chi connectivity index (χ4n) is 7.76. The van der Waals surface area contributed by atoms with E-state index in [1.54, 1.807) is 35.2 Å². The number of nitrogens with one attached hydrogen (secondary N) is 7. The molecule has 10 N–H and O–H groups in total. The lowest BCUT2D eigenvalue weighted by Gasteiger charge is -2.19. The molecule has 0 unspecified atom stereocenters. The van der Waals surface area contributed by atoms with E-state index in [0.29, 0.717) is 31.0 Å². The van der Waals surface area contributed by atoms with Crippen molar-refractivity contribution in [2.45, 2.75) is 63.7 Å². The zero-order chi connectivity index (χ0) is 52.2. The average molecular weight is 1030 g/mol. The Morgan fingerprint density at radius 2 is 1.64 bits per heavy atom. The lowest BCUT2D eigenvalue weighted by Crippen LogP contribution is -2.50. The molecule has 6 rings (SSSR count). The summed E-state index contributed by atoms with van der Waals surface area (Å²) in [5.41, 5.74) is 7.15. The van der Waals surface area contributed by atoms with Gasteiger partial charge in [-0.05, 0) is 86.2 Å². The number of H-pyrrole nitrogens is 1. The van der Waals surface area contributed by atoms with Crippen molar-refractivity contribution in [2.24, 2.45) is 5.10 Å². The third-order valence-corrected chi connectivity index (χ3v) is 12.9. The Kier molecular flexibility index (Phi) is 17.7. The number of carboxylic acids is 1. The van der Waals surface area contributed by atoms with E-state index in [1.165, 1.54) is 42.6 Å². The van der Waals surface area contributed by atoms with Crippen molar-refractivity contribution < 1.29 is 50.2 Å². The Balaban J connectivity index is 1.12. The summed E-state index contributed by atoms with van der Waals surface area (Å²) in [5.74, 6) is -4.49. The number of aliphatic carboxylic acids is 1. The third-order valence-electron chi connectivity index (χ3n) is 11.2. The van der Waals surface area contributed by atoms with Crippen LogP contribution in [0.2, 0.25) is 0 Å². The maximum Gasteiger partial charge on any atom is 0.322 e. The first kappa shape index (κ1) is 53.5. The molecule has 72 heavy (non-hydrogen) atoms. The van der Waals surface area contributed by atoms with Crippen LogP contribution >= 0.6 is 0 Å². The highest BCUT2D eigenvalue weighted by atomic mass is 32.2. The number of hydrogen-bond donors (Lipinski definition) is 10. The largest absolute Gasteiger partial charge is 0.480 e. The summed E-state index contributed by atoms with van der Waals surface area (Å²) in [6, 6.07) is 14.3. The lowest BCUT2D eigenvalue weighted by atomic mass is 9.97. The smallest absolute Gasteiger partial charge is 0.322 e. The van der Waals surface area contributed by atoms with Crippen LogP contribution in [-0.4, -0.2) is 118 Å². The highest BCUT2D eigenvalue weighted by Crippen LogP contribution is 2.19. The molecular weight excluding hydrogens is 975 g/mol. The van der Waals surface area contributed by atoms with E-state index in [1.807, 2.05) is 20.8 Å². The minimum atomic E-state index is -4.81. The molecule has 23 nitrogen and oxygen atoms in total. The molecule has 3 aromatic heterocycles. The zero-order valence-corrected chi connectivity index (χ0v) is 40.8. The molecule has 3 amide bonds. The molecule has 0 radical (unpaired) electrons. The van der Waals surface area contributed by atoms with Crippen LogP contribution < -0.4 is 37.4 Å². The maximum absolute atomic E-state index is 13.9. The number of carbonyl (C=O) groups excluding carboxylic acids is 3. The van der Waals surface area contributed by atoms with Crippen molar-refractivity contribution in [3.8, 4) is 0 Å². The van der Waals surface area contributed by atoms with Gasteiger partial charge in [0, 0.05) is 68.5 Å². The number of nitrogens with zero attached hydrogens (tertiary/aromatic N) is 4. The third kappa shape index (κ3) is 14.8. The van der Waals surface area contributed by atoms with Crippen LogP contribution in [-0.2, 0) is 49.3 Å². The van der Waals surface area contributed by atoms with Crippen LogP contribution in [0.25, 0.3) is 10.9 Å². The van der Waals surface area contributed by atoms with Crippen molar-refractivity contribution in [1.29, 1.82) is 0 Å². The zero-order valence-electron chi connectivity index (χ0n) is 39.2. The standard InChI is InChI=1S/C47H53N11O12S2/c1-28-19-29(2)34(30(3)20-28)13-15-48-37(46(63)64)25-53-44(61)36-26-58(39-21-31(9-11-35(39)42(36)59)22-54-47-50-16-17-51-47)18-6-14-49-45(62)38(27-71(65,66)67)56-43(60)33-10-12-41(52-23-33)57-55-24-32-7-4-5-8-40(32)72(68,69)70/h4-5,7-12,16-17,19-21,23-24,26,37-38,48H,6,13-15,18,22,25,27H2,1-3H3,(H,49,62)(H,52,57)(H,53,61)(H,56,60)(H,63,64)(H2,50,51,54)(H,65,66,67)(H,68,69,70)/b55-24+/t37-,38-/m0/s1. The van der Waals surface area contributed by atoms with Crippen molar-refractivity contribution in [3.63, 3.8) is 0 Å². The number of carboxylic acid groups (broad SMARTS) is 1. The van der Waals surface area contributed by atoms with E-state index >= 15 is 0 Å². The molecule has 0 saturated heterocycles. The fourth-order valence-corrected chi connectivity index (χ4v) is 9.08. The van der Waals surface area contributed by atoms with E-state index in [2.05, 4.69) is 64.2 Å². The van der Waals surface area contributed by atoms with Gasteiger partial charge >= 0.3 is 5.97 Å². The highest BCUT2D eigenvalue weighted by Gasteiger charge is 2.27. The van der Waals surface area contributed by atoms with Gasteiger partial charge in [-0.15, -0.1) is 0 Å². The van der Waals surface area contributed by atoms with Crippen LogP contribution in [0.3, 0.4) is 0 Å². The van der Waals surface area contributed by atoms with Crippen molar-refractivity contribution in [1.82, 2.24) is 40.8 Å². The van der Waals surface area contributed by atoms with E-state index in [0.717, 1.165) is 40.2 Å². The summed E-state index contributed by atoms with van der Waals surface area (Å²) in [4.78, 5) is 77.1. The molecule has 0 saturated carbocycles. The van der Waals surface area contributed by atoms with E-state index in [4.69, 9.17) is 0 Å². The maximum atomic E-state index is 13.9. The number of hydrazone groups is 1. The normalized spacial score (nSPS) is 12.6. The lowest BCUT2D eigenvalue weighted by molar-refractivity contribution is -0.139. The van der Waals surface area contributed by atoms with Crippen LogP contribution in [0.4, 0.5) is 11.8 Å². The number of hydrogen-bond acceptors (Lipinski definition) is 15. The van der Waals surface area contributed by atoms with Crippen LogP contribution in [0.1, 0.15) is 60.5 Å². The number of aromatic nitrogens is 4. The fraction of sp³-hybridized carbons (Fsp3) is 0.277. The molecule has 25 heteroatoms. The first-order valence-electron chi connectivity index (χ1n) is 22.2. The Morgan fingerprint density at radius 1 is 0.889 bits per heavy atom. The van der Waals surface area contributed by atoms with Crippen LogP contribution in [0.15, 0.2) is 106 Å². The van der Waals surface area contributed by atoms with Crippen LogP contribution in [0, 0.1) is 20.8 Å².